The Kier molecular flexibility index (Phi) is 11.1. The Hall–Kier alpha value is -0.590. The summed E-state index contributed by atoms with van der Waals surface area (Å²) in [6.07, 6.45) is -0.493. The van der Waals surface area contributed by atoms with E-state index in [1.807, 2.05) is 0 Å². The number of nitrogens with one attached hydrogen (secondary N) is 1. The summed E-state index contributed by atoms with van der Waals surface area (Å²) in [5.74, 6) is -0.494. The van der Waals surface area contributed by atoms with Crippen LogP contribution in [-0.4, -0.2) is 45.9 Å². The minimum atomic E-state index is -2.73. The first-order chi connectivity index (χ1) is 10.5. The van der Waals surface area contributed by atoms with Crippen molar-refractivity contribution in [3.8, 4) is 0 Å². The van der Waals surface area contributed by atoms with Crippen molar-refractivity contribution in [3.05, 3.63) is 0 Å². The third-order valence-corrected chi connectivity index (χ3v) is 3.06. The van der Waals surface area contributed by atoms with Crippen LogP contribution in [0.1, 0.15) is 61.8 Å². The van der Waals surface area contributed by atoms with Gasteiger partial charge < -0.3 is 15.5 Å². The number of carbonyl (C=O) groups excluding carboxylic acids is 1. The molecule has 144 valence electrons. The quantitative estimate of drug-likeness (QED) is 0.513. The molecule has 0 fully saturated rings. The van der Waals surface area contributed by atoms with Gasteiger partial charge in [-0.15, -0.1) is 9.42 Å². The molecule has 0 aliphatic rings. The van der Waals surface area contributed by atoms with Crippen LogP contribution in [-0.2, 0) is 13.9 Å². The van der Waals surface area contributed by atoms with Gasteiger partial charge in [0.15, 0.2) is 0 Å². The molecule has 0 heterocycles. The van der Waals surface area contributed by atoms with E-state index < -0.39 is 31.3 Å². The Morgan fingerprint density at radius 2 is 1.54 bits per heavy atom. The highest BCUT2D eigenvalue weighted by molar-refractivity contribution is 7.32. The van der Waals surface area contributed by atoms with Crippen molar-refractivity contribution >= 4 is 14.2 Å². The molecule has 0 aromatic rings. The molecule has 0 bridgehead atoms. The molecule has 0 rings (SSSR count). The van der Waals surface area contributed by atoms with Crippen LogP contribution in [0.5, 0.6) is 0 Å². The minimum absolute atomic E-state index is 0.103. The zero-order valence-corrected chi connectivity index (χ0v) is 17.1. The van der Waals surface area contributed by atoms with E-state index in [0.717, 1.165) is 6.42 Å². The van der Waals surface area contributed by atoms with Gasteiger partial charge in [0.25, 0.3) is 0 Å². The standard InChI is InChI=1S/C12H24NO5P.C4H10O/c1-11(2,3)6-7-13-10(15)9(14)12(4,5)8-18-19(16)17;1-4(2,3)5/h9,14H,6-8H2,1-5H3,(H-,13,15,16,17);5H,1-3H3/p+1. The topological polar surface area (TPSA) is 116 Å². The number of amides is 1. The molecule has 0 aromatic heterocycles. The van der Waals surface area contributed by atoms with E-state index in [1.165, 1.54) is 0 Å². The van der Waals surface area contributed by atoms with Gasteiger partial charge in [0.05, 0.1) is 5.60 Å². The molecule has 2 atom stereocenters. The zero-order valence-electron chi connectivity index (χ0n) is 16.2. The smallest absolute Gasteiger partial charge is 0.391 e. The van der Waals surface area contributed by atoms with Gasteiger partial charge in [0.2, 0.25) is 5.91 Å². The summed E-state index contributed by atoms with van der Waals surface area (Å²) in [7, 11) is -2.73. The van der Waals surface area contributed by atoms with Gasteiger partial charge in [0.1, 0.15) is 12.7 Å². The second-order valence-corrected chi connectivity index (χ2v) is 9.41. The molecule has 24 heavy (non-hydrogen) atoms. The summed E-state index contributed by atoms with van der Waals surface area (Å²) in [5.41, 5.74) is -1.33. The highest BCUT2D eigenvalue weighted by Crippen LogP contribution is 2.27. The van der Waals surface area contributed by atoms with E-state index in [1.54, 1.807) is 34.6 Å². The highest BCUT2D eigenvalue weighted by Gasteiger charge is 2.36. The monoisotopic (exact) mass is 368 g/mol. The second kappa shape index (κ2) is 10.4. The molecule has 0 radical (unpaired) electrons. The van der Waals surface area contributed by atoms with Crippen molar-refractivity contribution in [1.29, 1.82) is 0 Å². The van der Waals surface area contributed by atoms with Crippen molar-refractivity contribution < 1.29 is 29.0 Å². The van der Waals surface area contributed by atoms with E-state index in [4.69, 9.17) is 10.00 Å². The van der Waals surface area contributed by atoms with Gasteiger partial charge in [-0.1, -0.05) is 34.6 Å². The van der Waals surface area contributed by atoms with Crippen LogP contribution in [0, 0.1) is 10.8 Å². The summed E-state index contributed by atoms with van der Waals surface area (Å²) in [5, 5.41) is 21.1. The maximum Gasteiger partial charge on any atom is 0.694 e. The first kappa shape index (κ1) is 25.6. The zero-order chi connectivity index (χ0) is 19.8. The van der Waals surface area contributed by atoms with Crippen molar-refractivity contribution in [2.75, 3.05) is 13.2 Å². The number of hydrogen-bond donors (Lipinski definition) is 4. The van der Waals surface area contributed by atoms with Crippen LogP contribution >= 0.6 is 8.25 Å². The van der Waals surface area contributed by atoms with Gasteiger partial charge in [-0.05, 0) is 32.6 Å². The SMILES string of the molecule is CC(C)(C)CCNC(=O)C(O)C(C)(C)CO[P+](=O)O.CC(C)(C)O. The number of rotatable bonds is 7. The van der Waals surface area contributed by atoms with Crippen LogP contribution in [0.2, 0.25) is 0 Å². The normalized spacial score (nSPS) is 14.4. The molecule has 8 heteroatoms. The Labute approximate surface area is 146 Å². The third kappa shape index (κ3) is 17.8. The molecule has 0 aliphatic carbocycles. The Balaban J connectivity index is 0. The minimum Gasteiger partial charge on any atom is -0.391 e. The van der Waals surface area contributed by atoms with E-state index in [0.29, 0.717) is 6.54 Å². The van der Waals surface area contributed by atoms with Gasteiger partial charge in [0, 0.05) is 16.5 Å². The fraction of sp³-hybridized carbons (Fsp3) is 0.938. The van der Waals surface area contributed by atoms with Crippen molar-refractivity contribution in [2.24, 2.45) is 10.8 Å². The summed E-state index contributed by atoms with van der Waals surface area (Å²) < 4.78 is 15.0. The average Bonchev–Trinajstić information content (AvgIpc) is 2.31. The maximum absolute atomic E-state index is 11.8. The molecule has 7 nitrogen and oxygen atoms in total. The van der Waals surface area contributed by atoms with Gasteiger partial charge in [-0.3, -0.25) is 4.79 Å². The molecule has 4 N–H and O–H groups in total. The first-order valence-electron chi connectivity index (χ1n) is 7.93. The maximum atomic E-state index is 11.8. The largest absolute Gasteiger partial charge is 0.694 e. The highest BCUT2D eigenvalue weighted by atomic mass is 31.1. The molecule has 0 aromatic carbocycles. The van der Waals surface area contributed by atoms with E-state index in [-0.39, 0.29) is 12.0 Å². The number of aliphatic hydroxyl groups excluding tert-OH is 1. The molecule has 2 unspecified atom stereocenters. The number of carbonyl (C=O) groups is 1. The van der Waals surface area contributed by atoms with Crippen molar-refractivity contribution in [2.45, 2.75) is 73.5 Å². The lowest BCUT2D eigenvalue weighted by Gasteiger charge is -2.27. The molecule has 0 aliphatic heterocycles. The van der Waals surface area contributed by atoms with Crippen molar-refractivity contribution in [3.63, 3.8) is 0 Å². The van der Waals surface area contributed by atoms with Crippen LogP contribution in [0.25, 0.3) is 0 Å². The fourth-order valence-electron chi connectivity index (χ4n) is 1.31. The number of hydrogen-bond acceptors (Lipinski definition) is 5. The number of aliphatic hydroxyl groups is 2. The van der Waals surface area contributed by atoms with Crippen LogP contribution in [0.3, 0.4) is 0 Å². The fourth-order valence-corrected chi connectivity index (χ4v) is 1.76. The van der Waals surface area contributed by atoms with Gasteiger partial charge >= 0.3 is 8.25 Å². The van der Waals surface area contributed by atoms with Gasteiger partial charge in [-0.2, -0.15) is 0 Å². The summed E-state index contributed by atoms with van der Waals surface area (Å²) in [6, 6.07) is 0. The lowest BCUT2D eigenvalue weighted by Crippen LogP contribution is -2.46. The molecule has 1 amide bonds. The van der Waals surface area contributed by atoms with E-state index in [2.05, 4.69) is 30.6 Å². The predicted molar refractivity (Wildman–Crippen MR) is 94.6 cm³/mol. The molecule has 0 saturated carbocycles. The summed E-state index contributed by atoms with van der Waals surface area (Å²) in [6.45, 7) is 14.9. The molecule has 0 saturated heterocycles. The Morgan fingerprint density at radius 1 is 1.12 bits per heavy atom. The first-order valence-corrected chi connectivity index (χ1v) is 9.06. The lowest BCUT2D eigenvalue weighted by atomic mass is 9.87. The van der Waals surface area contributed by atoms with Crippen LogP contribution in [0.15, 0.2) is 0 Å². The van der Waals surface area contributed by atoms with Crippen LogP contribution in [0.4, 0.5) is 0 Å². The van der Waals surface area contributed by atoms with E-state index in [9.17, 15) is 14.5 Å². The Bertz CT molecular complexity index is 392. The molecule has 0 spiro atoms. The second-order valence-electron chi connectivity index (χ2n) is 8.67. The predicted octanol–water partition coefficient (Wildman–Crippen LogP) is 2.37. The third-order valence-electron chi connectivity index (χ3n) is 2.71. The average molecular weight is 368 g/mol. The molecular formula is C16H35NO6P+. The Morgan fingerprint density at radius 3 is 1.88 bits per heavy atom. The van der Waals surface area contributed by atoms with E-state index >= 15 is 0 Å². The summed E-state index contributed by atoms with van der Waals surface area (Å²) >= 11 is 0. The van der Waals surface area contributed by atoms with Gasteiger partial charge in [-0.25, -0.2) is 0 Å². The van der Waals surface area contributed by atoms with Crippen molar-refractivity contribution in [1.82, 2.24) is 5.32 Å². The molecular weight excluding hydrogens is 333 g/mol. The summed E-state index contributed by atoms with van der Waals surface area (Å²) in [4.78, 5) is 20.3. The van der Waals surface area contributed by atoms with Crippen LogP contribution < -0.4 is 5.32 Å². The lowest BCUT2D eigenvalue weighted by molar-refractivity contribution is -0.136.